The van der Waals surface area contributed by atoms with Crippen LogP contribution < -0.4 is 0 Å². The fourth-order valence-corrected chi connectivity index (χ4v) is 2.07. The summed E-state index contributed by atoms with van der Waals surface area (Å²) in [5.41, 5.74) is 3.68. The van der Waals surface area contributed by atoms with E-state index in [0.29, 0.717) is 0 Å². The Kier molecular flexibility index (Phi) is 2.78. The molecule has 1 N–H and O–H groups in total. The van der Waals surface area contributed by atoms with Gasteiger partial charge >= 0.3 is 0 Å². The smallest absolute Gasteiger partial charge is 0.117 e. The zero-order chi connectivity index (χ0) is 12.4. The Labute approximate surface area is 105 Å². The van der Waals surface area contributed by atoms with Crippen molar-refractivity contribution >= 4 is 11.1 Å². The van der Waals surface area contributed by atoms with Crippen molar-refractivity contribution in [1.29, 1.82) is 0 Å². The number of hydrogen-bond donors (Lipinski definition) is 1. The van der Waals surface area contributed by atoms with E-state index in [1.54, 1.807) is 4.52 Å². The molecule has 2 heterocycles. The number of hydrogen-bond acceptors (Lipinski definition) is 3. The molecule has 1 aliphatic rings. The predicted octanol–water partition coefficient (Wildman–Crippen LogP) is 2.12. The normalized spacial score (nSPS) is 14.8. The van der Waals surface area contributed by atoms with Gasteiger partial charge in [-0.3, -0.25) is 0 Å². The molecular weight excluding hydrogens is 226 g/mol. The summed E-state index contributed by atoms with van der Waals surface area (Å²) in [7, 11) is 0. The van der Waals surface area contributed by atoms with E-state index >= 15 is 0 Å². The second-order valence-electron chi connectivity index (χ2n) is 4.12. The standard InChI is InChI=1S/C14H13N3O/c18-10-12-8-5-9-13-14(15-16-17(12)13)11-6-3-1-2-4-7-11/h1-6,8-9,18H,7,10H2. The number of allylic oxidation sites excluding steroid dienone is 6. The summed E-state index contributed by atoms with van der Waals surface area (Å²) in [4.78, 5) is 0. The Morgan fingerprint density at radius 3 is 3.06 bits per heavy atom. The van der Waals surface area contributed by atoms with Crippen LogP contribution in [0.1, 0.15) is 17.8 Å². The molecule has 0 bridgehead atoms. The number of fused-ring (bicyclic) bond motifs is 1. The third-order valence-corrected chi connectivity index (χ3v) is 2.98. The van der Waals surface area contributed by atoms with Gasteiger partial charge in [0.25, 0.3) is 0 Å². The molecule has 3 rings (SSSR count). The molecule has 0 atom stereocenters. The summed E-state index contributed by atoms with van der Waals surface area (Å²) in [5.74, 6) is 0. The zero-order valence-electron chi connectivity index (χ0n) is 9.82. The maximum Gasteiger partial charge on any atom is 0.117 e. The van der Waals surface area contributed by atoms with Crippen LogP contribution in [0.3, 0.4) is 0 Å². The summed E-state index contributed by atoms with van der Waals surface area (Å²) in [6.07, 6.45) is 11.0. The average molecular weight is 239 g/mol. The predicted molar refractivity (Wildman–Crippen MR) is 69.8 cm³/mol. The van der Waals surface area contributed by atoms with Crippen LogP contribution in [0.4, 0.5) is 0 Å². The molecule has 0 saturated carbocycles. The van der Waals surface area contributed by atoms with E-state index in [2.05, 4.69) is 22.5 Å². The second kappa shape index (κ2) is 4.58. The number of rotatable bonds is 2. The van der Waals surface area contributed by atoms with E-state index < -0.39 is 0 Å². The lowest BCUT2D eigenvalue weighted by Gasteiger charge is -2.02. The van der Waals surface area contributed by atoms with Gasteiger partial charge in [0, 0.05) is 0 Å². The highest BCUT2D eigenvalue weighted by molar-refractivity contribution is 5.77. The molecule has 0 aromatic carbocycles. The van der Waals surface area contributed by atoms with E-state index in [4.69, 9.17) is 0 Å². The van der Waals surface area contributed by atoms with Crippen molar-refractivity contribution in [3.05, 3.63) is 60.0 Å². The fraction of sp³-hybridized carbons (Fsp3) is 0.143. The van der Waals surface area contributed by atoms with Crippen molar-refractivity contribution in [3.8, 4) is 0 Å². The molecule has 90 valence electrons. The molecule has 2 aromatic rings. The highest BCUT2D eigenvalue weighted by Gasteiger charge is 2.12. The first-order valence-corrected chi connectivity index (χ1v) is 5.87. The SMILES string of the molecule is OCc1cccc2c(C3=CC=CC=CC3)nnn12. The Bertz CT molecular complexity index is 665. The highest BCUT2D eigenvalue weighted by atomic mass is 16.3. The van der Waals surface area contributed by atoms with Gasteiger partial charge in [-0.15, -0.1) is 5.10 Å². The summed E-state index contributed by atoms with van der Waals surface area (Å²) in [6.45, 7) is -0.0427. The molecule has 2 aromatic heterocycles. The lowest BCUT2D eigenvalue weighted by molar-refractivity contribution is 0.273. The third kappa shape index (κ3) is 1.76. The van der Waals surface area contributed by atoms with Gasteiger partial charge in [-0.2, -0.15) is 0 Å². The van der Waals surface area contributed by atoms with Gasteiger partial charge in [0.05, 0.1) is 17.8 Å². The molecule has 0 fully saturated rings. The first-order valence-electron chi connectivity index (χ1n) is 5.87. The maximum absolute atomic E-state index is 9.27. The van der Waals surface area contributed by atoms with Crippen LogP contribution >= 0.6 is 0 Å². The van der Waals surface area contributed by atoms with Gasteiger partial charge in [-0.05, 0) is 24.1 Å². The van der Waals surface area contributed by atoms with Crippen LogP contribution in [0.5, 0.6) is 0 Å². The van der Waals surface area contributed by atoms with E-state index in [1.807, 2.05) is 36.4 Å². The Hall–Kier alpha value is -2.20. The second-order valence-corrected chi connectivity index (χ2v) is 4.12. The fourth-order valence-electron chi connectivity index (χ4n) is 2.07. The highest BCUT2D eigenvalue weighted by Crippen LogP contribution is 2.23. The first-order chi connectivity index (χ1) is 8.90. The molecule has 1 aliphatic carbocycles. The van der Waals surface area contributed by atoms with Crippen molar-refractivity contribution in [3.63, 3.8) is 0 Å². The van der Waals surface area contributed by atoms with Crippen LogP contribution in [-0.2, 0) is 6.61 Å². The van der Waals surface area contributed by atoms with Gasteiger partial charge in [0.2, 0.25) is 0 Å². The van der Waals surface area contributed by atoms with Gasteiger partial charge in [0.1, 0.15) is 5.69 Å². The van der Waals surface area contributed by atoms with E-state index in [1.165, 1.54) is 0 Å². The third-order valence-electron chi connectivity index (χ3n) is 2.98. The van der Waals surface area contributed by atoms with E-state index in [0.717, 1.165) is 28.9 Å². The first kappa shape index (κ1) is 10.9. The number of aliphatic hydroxyl groups excluding tert-OH is 1. The van der Waals surface area contributed by atoms with Crippen LogP contribution in [0.15, 0.2) is 48.6 Å². The van der Waals surface area contributed by atoms with E-state index in [-0.39, 0.29) is 6.61 Å². The van der Waals surface area contributed by atoms with Crippen molar-refractivity contribution in [2.45, 2.75) is 13.0 Å². The van der Waals surface area contributed by atoms with Gasteiger partial charge in [-0.25, -0.2) is 4.52 Å². The quantitative estimate of drug-likeness (QED) is 0.873. The number of pyridine rings is 1. The molecule has 0 amide bonds. The Morgan fingerprint density at radius 1 is 1.22 bits per heavy atom. The van der Waals surface area contributed by atoms with Gasteiger partial charge < -0.3 is 5.11 Å². The molecule has 0 unspecified atom stereocenters. The monoisotopic (exact) mass is 239 g/mol. The van der Waals surface area contributed by atoms with Crippen LogP contribution in [0, 0.1) is 0 Å². The minimum Gasteiger partial charge on any atom is -0.390 e. The summed E-state index contributed by atoms with van der Waals surface area (Å²) in [6, 6.07) is 5.72. The molecular formula is C14H13N3O. The maximum atomic E-state index is 9.27. The van der Waals surface area contributed by atoms with Crippen molar-refractivity contribution in [1.82, 2.24) is 14.8 Å². The average Bonchev–Trinajstić information content (AvgIpc) is 2.66. The zero-order valence-corrected chi connectivity index (χ0v) is 9.82. The number of aromatic nitrogens is 3. The summed E-state index contributed by atoms with van der Waals surface area (Å²) < 4.78 is 1.69. The Balaban J connectivity index is 2.16. The molecule has 18 heavy (non-hydrogen) atoms. The lowest BCUT2D eigenvalue weighted by Crippen LogP contribution is -1.97. The van der Waals surface area contributed by atoms with Crippen molar-refractivity contribution < 1.29 is 5.11 Å². The molecule has 4 heteroatoms. The van der Waals surface area contributed by atoms with Crippen LogP contribution in [0.25, 0.3) is 11.1 Å². The van der Waals surface area contributed by atoms with Crippen molar-refractivity contribution in [2.75, 3.05) is 0 Å². The molecule has 0 spiro atoms. The minimum atomic E-state index is -0.0427. The van der Waals surface area contributed by atoms with E-state index in [9.17, 15) is 5.11 Å². The Morgan fingerprint density at radius 2 is 2.17 bits per heavy atom. The molecule has 0 radical (unpaired) electrons. The topological polar surface area (TPSA) is 50.4 Å². The van der Waals surface area contributed by atoms with Gasteiger partial charge in [-0.1, -0.05) is 41.7 Å². The van der Waals surface area contributed by atoms with Gasteiger partial charge in [0.15, 0.2) is 0 Å². The summed E-state index contributed by atoms with van der Waals surface area (Å²) >= 11 is 0. The largest absolute Gasteiger partial charge is 0.390 e. The van der Waals surface area contributed by atoms with Crippen LogP contribution in [-0.4, -0.2) is 19.9 Å². The molecule has 0 saturated heterocycles. The molecule has 4 nitrogen and oxygen atoms in total. The lowest BCUT2D eigenvalue weighted by atomic mass is 10.1. The van der Waals surface area contributed by atoms with Crippen LogP contribution in [0.2, 0.25) is 0 Å². The van der Waals surface area contributed by atoms with Crippen molar-refractivity contribution in [2.24, 2.45) is 0 Å². The number of aliphatic hydroxyl groups is 1. The minimum absolute atomic E-state index is 0.0427. The number of nitrogens with zero attached hydrogens (tertiary/aromatic N) is 3. The molecule has 0 aliphatic heterocycles. The summed E-state index contributed by atoms with van der Waals surface area (Å²) in [5, 5.41) is 17.6.